The number of amides is 1. The van der Waals surface area contributed by atoms with Crippen molar-refractivity contribution in [1.82, 2.24) is 14.8 Å². The lowest BCUT2D eigenvalue weighted by atomic mass is 10.1. The number of nitrogens with zero attached hydrogens (tertiary/aromatic N) is 3. The van der Waals surface area contributed by atoms with E-state index in [4.69, 9.17) is 5.11 Å². The number of carboxylic acids is 1. The summed E-state index contributed by atoms with van der Waals surface area (Å²) in [4.78, 5) is 28.0. The monoisotopic (exact) mass is 342 g/mol. The minimum Gasteiger partial charge on any atom is -0.478 e. The first kappa shape index (κ1) is 15.9. The number of benzene rings is 1. The lowest BCUT2D eigenvalue weighted by Gasteiger charge is -2.06. The van der Waals surface area contributed by atoms with Crippen molar-refractivity contribution >= 4 is 28.9 Å². The first-order valence-corrected chi connectivity index (χ1v) is 7.86. The molecule has 0 fully saturated rings. The second-order valence-corrected chi connectivity index (χ2v) is 6.25. The molecule has 24 heavy (non-hydrogen) atoms. The number of thiazole rings is 1. The van der Waals surface area contributed by atoms with E-state index in [-0.39, 0.29) is 11.5 Å². The van der Waals surface area contributed by atoms with Crippen molar-refractivity contribution in [3.8, 4) is 10.6 Å². The number of aryl methyl sites for hydroxylation is 2. The van der Waals surface area contributed by atoms with Gasteiger partial charge in [0.25, 0.3) is 5.91 Å². The van der Waals surface area contributed by atoms with E-state index >= 15 is 0 Å². The molecule has 0 aliphatic carbocycles. The predicted molar refractivity (Wildman–Crippen MR) is 90.4 cm³/mol. The fourth-order valence-electron chi connectivity index (χ4n) is 2.22. The van der Waals surface area contributed by atoms with E-state index in [0.29, 0.717) is 21.1 Å². The van der Waals surface area contributed by atoms with Crippen molar-refractivity contribution in [2.24, 2.45) is 7.05 Å². The predicted octanol–water partition coefficient (Wildman–Crippen LogP) is 2.80. The smallest absolute Gasteiger partial charge is 0.335 e. The fourth-order valence-corrected chi connectivity index (χ4v) is 3.00. The highest BCUT2D eigenvalue weighted by atomic mass is 32.1. The molecular formula is C16H14N4O3S. The van der Waals surface area contributed by atoms with Crippen LogP contribution in [0.1, 0.15) is 25.6 Å². The third kappa shape index (κ3) is 3.18. The van der Waals surface area contributed by atoms with E-state index in [2.05, 4.69) is 15.4 Å². The molecular weight excluding hydrogens is 328 g/mol. The molecule has 0 aliphatic heterocycles. The van der Waals surface area contributed by atoms with E-state index in [9.17, 15) is 9.59 Å². The molecule has 0 spiro atoms. The van der Waals surface area contributed by atoms with Gasteiger partial charge < -0.3 is 10.4 Å². The second-order valence-electron chi connectivity index (χ2n) is 5.22. The Labute approximate surface area is 141 Å². The number of anilines is 1. The molecule has 2 heterocycles. The Kier molecular flexibility index (Phi) is 4.13. The summed E-state index contributed by atoms with van der Waals surface area (Å²) in [5.41, 5.74) is 2.19. The van der Waals surface area contributed by atoms with Crippen LogP contribution in [-0.4, -0.2) is 31.7 Å². The Balaban J connectivity index is 1.77. The van der Waals surface area contributed by atoms with Gasteiger partial charge in [0.1, 0.15) is 9.88 Å². The number of nitrogens with one attached hydrogen (secondary N) is 1. The zero-order valence-electron chi connectivity index (χ0n) is 13.0. The highest BCUT2D eigenvalue weighted by molar-refractivity contribution is 7.17. The van der Waals surface area contributed by atoms with E-state index < -0.39 is 5.97 Å². The van der Waals surface area contributed by atoms with Crippen molar-refractivity contribution in [1.29, 1.82) is 0 Å². The van der Waals surface area contributed by atoms with Crippen LogP contribution >= 0.6 is 11.3 Å². The lowest BCUT2D eigenvalue weighted by Crippen LogP contribution is -2.11. The zero-order chi connectivity index (χ0) is 17.3. The first-order chi connectivity index (χ1) is 11.4. The van der Waals surface area contributed by atoms with Gasteiger partial charge in [0, 0.05) is 24.5 Å². The quantitative estimate of drug-likeness (QED) is 0.760. The fraction of sp³-hybridized carbons (Fsp3) is 0.125. The summed E-state index contributed by atoms with van der Waals surface area (Å²) in [6.45, 7) is 1.69. The first-order valence-electron chi connectivity index (χ1n) is 7.04. The van der Waals surface area contributed by atoms with Crippen molar-refractivity contribution in [2.45, 2.75) is 6.92 Å². The average molecular weight is 342 g/mol. The summed E-state index contributed by atoms with van der Waals surface area (Å²) < 4.78 is 1.67. The molecule has 0 atom stereocenters. The number of carbonyl (C=O) groups is 2. The number of carboxylic acid groups (broad SMARTS) is 1. The maximum Gasteiger partial charge on any atom is 0.335 e. The van der Waals surface area contributed by atoms with Crippen molar-refractivity contribution in [2.75, 3.05) is 5.32 Å². The van der Waals surface area contributed by atoms with Gasteiger partial charge in [0.15, 0.2) is 0 Å². The van der Waals surface area contributed by atoms with Crippen LogP contribution in [0.25, 0.3) is 10.6 Å². The van der Waals surface area contributed by atoms with Crippen LogP contribution in [0, 0.1) is 6.92 Å². The topological polar surface area (TPSA) is 97.1 Å². The van der Waals surface area contributed by atoms with Gasteiger partial charge in [0.05, 0.1) is 18.0 Å². The lowest BCUT2D eigenvalue weighted by molar-refractivity contribution is 0.0696. The van der Waals surface area contributed by atoms with Gasteiger partial charge in [0.2, 0.25) is 0 Å². The molecule has 0 saturated carbocycles. The number of aromatic nitrogens is 3. The van der Waals surface area contributed by atoms with Crippen LogP contribution in [0.4, 0.5) is 5.69 Å². The van der Waals surface area contributed by atoms with Crippen molar-refractivity contribution in [3.63, 3.8) is 0 Å². The summed E-state index contributed by atoms with van der Waals surface area (Å²) in [6, 6.07) is 4.67. The Morgan fingerprint density at radius 1 is 1.29 bits per heavy atom. The van der Waals surface area contributed by atoms with E-state index in [1.807, 2.05) is 13.2 Å². The van der Waals surface area contributed by atoms with Crippen LogP contribution in [0.2, 0.25) is 0 Å². The number of aromatic carboxylic acids is 1. The van der Waals surface area contributed by atoms with Gasteiger partial charge in [-0.1, -0.05) is 0 Å². The Morgan fingerprint density at radius 3 is 2.71 bits per heavy atom. The minimum atomic E-state index is -0.992. The maximum absolute atomic E-state index is 12.3. The Bertz CT molecular complexity index is 929. The average Bonchev–Trinajstić information content (AvgIpc) is 3.15. The van der Waals surface area contributed by atoms with Gasteiger partial charge in [-0.3, -0.25) is 9.48 Å². The van der Waals surface area contributed by atoms with Gasteiger partial charge in [-0.15, -0.1) is 11.3 Å². The van der Waals surface area contributed by atoms with Crippen LogP contribution in [0.5, 0.6) is 0 Å². The van der Waals surface area contributed by atoms with Gasteiger partial charge in [-0.2, -0.15) is 5.10 Å². The molecule has 2 N–H and O–H groups in total. The van der Waals surface area contributed by atoms with Crippen molar-refractivity contribution in [3.05, 3.63) is 52.8 Å². The number of carbonyl (C=O) groups excluding carboxylic acids is 1. The molecule has 122 valence electrons. The molecule has 0 bridgehead atoms. The molecule has 0 saturated heterocycles. The normalized spacial score (nSPS) is 10.6. The third-order valence-corrected chi connectivity index (χ3v) is 4.44. The minimum absolute atomic E-state index is 0.213. The van der Waals surface area contributed by atoms with Crippen LogP contribution < -0.4 is 5.32 Å². The van der Waals surface area contributed by atoms with Gasteiger partial charge in [-0.25, -0.2) is 9.78 Å². The summed E-state index contributed by atoms with van der Waals surface area (Å²) in [5.74, 6) is -1.28. The third-order valence-electron chi connectivity index (χ3n) is 3.40. The number of hydrogen-bond donors (Lipinski definition) is 2. The van der Waals surface area contributed by atoms with Crippen molar-refractivity contribution < 1.29 is 14.7 Å². The molecule has 0 aliphatic rings. The maximum atomic E-state index is 12.3. The molecule has 3 aromatic rings. The highest BCUT2D eigenvalue weighted by Gasteiger charge is 2.14. The second kappa shape index (κ2) is 6.25. The summed E-state index contributed by atoms with van der Waals surface area (Å²) >= 11 is 1.27. The summed E-state index contributed by atoms with van der Waals surface area (Å²) in [7, 11) is 1.81. The molecule has 0 unspecified atom stereocenters. The largest absolute Gasteiger partial charge is 0.478 e. The molecule has 1 amide bonds. The van der Waals surface area contributed by atoms with Crippen LogP contribution in [0.3, 0.4) is 0 Å². The molecule has 8 heteroatoms. The molecule has 2 aromatic heterocycles. The molecule has 1 aromatic carbocycles. The summed E-state index contributed by atoms with van der Waals surface area (Å²) in [5, 5.41) is 16.6. The zero-order valence-corrected chi connectivity index (χ0v) is 13.8. The standard InChI is InChI=1S/C16H14N4O3S/c1-9-5-11(3-4-12(9)16(22)23)19-14(21)13-7-17-15(24-13)10-6-18-20(2)8-10/h3-8H,1-2H3,(H,19,21)(H,22,23). The Hall–Kier alpha value is -3.00. The SMILES string of the molecule is Cc1cc(NC(=O)c2cnc(-c3cnn(C)c3)s2)ccc1C(=O)O. The molecule has 3 rings (SSSR count). The molecule has 0 radical (unpaired) electrons. The number of rotatable bonds is 4. The van der Waals surface area contributed by atoms with E-state index in [1.165, 1.54) is 23.6 Å². The summed E-state index contributed by atoms with van der Waals surface area (Å²) in [6.07, 6.45) is 5.03. The Morgan fingerprint density at radius 2 is 2.08 bits per heavy atom. The molecule has 7 nitrogen and oxygen atoms in total. The number of hydrogen-bond acceptors (Lipinski definition) is 5. The van der Waals surface area contributed by atoms with Crippen LogP contribution in [0.15, 0.2) is 36.8 Å². The van der Waals surface area contributed by atoms with Crippen LogP contribution in [-0.2, 0) is 7.05 Å². The highest BCUT2D eigenvalue weighted by Crippen LogP contribution is 2.25. The van der Waals surface area contributed by atoms with Gasteiger partial charge >= 0.3 is 5.97 Å². The van der Waals surface area contributed by atoms with E-state index in [1.54, 1.807) is 29.9 Å². The van der Waals surface area contributed by atoms with E-state index in [0.717, 1.165) is 5.56 Å². The van der Waals surface area contributed by atoms with Gasteiger partial charge in [-0.05, 0) is 30.7 Å².